The van der Waals surface area contributed by atoms with Crippen LogP contribution in [-0.2, 0) is 6.54 Å². The number of hydrogen-bond donors (Lipinski definition) is 1. The third-order valence-electron chi connectivity index (χ3n) is 4.06. The van der Waals surface area contributed by atoms with Gasteiger partial charge in [-0.2, -0.15) is 0 Å². The molecule has 18 heavy (non-hydrogen) atoms. The third kappa shape index (κ3) is 2.59. The third-order valence-corrected chi connectivity index (χ3v) is 4.06. The van der Waals surface area contributed by atoms with Gasteiger partial charge in [-0.15, -0.1) is 0 Å². The first-order valence-electron chi connectivity index (χ1n) is 7.02. The first-order valence-corrected chi connectivity index (χ1v) is 7.02. The SMILES string of the molecule is CC1CCC(NCc2cc3ccccc3o2)CC1. The van der Waals surface area contributed by atoms with E-state index in [4.69, 9.17) is 4.42 Å². The molecule has 0 radical (unpaired) electrons. The summed E-state index contributed by atoms with van der Waals surface area (Å²) in [6.45, 7) is 3.21. The van der Waals surface area contributed by atoms with Crippen molar-refractivity contribution >= 4 is 11.0 Å². The lowest BCUT2D eigenvalue weighted by Gasteiger charge is -2.26. The molecule has 1 saturated carbocycles. The molecule has 2 aromatic rings. The van der Waals surface area contributed by atoms with Crippen molar-refractivity contribution in [2.45, 2.75) is 45.2 Å². The Labute approximate surface area is 108 Å². The molecule has 0 amide bonds. The zero-order valence-electron chi connectivity index (χ0n) is 11.0. The van der Waals surface area contributed by atoms with E-state index in [1.807, 2.05) is 12.1 Å². The van der Waals surface area contributed by atoms with Crippen LogP contribution in [0.4, 0.5) is 0 Å². The smallest absolute Gasteiger partial charge is 0.134 e. The lowest BCUT2D eigenvalue weighted by atomic mass is 9.87. The Kier molecular flexibility index (Phi) is 3.37. The minimum atomic E-state index is 0.675. The highest BCUT2D eigenvalue weighted by Crippen LogP contribution is 2.24. The molecule has 0 unspecified atom stereocenters. The van der Waals surface area contributed by atoms with E-state index in [1.54, 1.807) is 0 Å². The molecular formula is C16H21NO. The van der Waals surface area contributed by atoms with E-state index in [2.05, 4.69) is 30.4 Å². The van der Waals surface area contributed by atoms with Crippen molar-refractivity contribution in [1.82, 2.24) is 5.32 Å². The molecule has 1 heterocycles. The van der Waals surface area contributed by atoms with Crippen molar-refractivity contribution in [2.24, 2.45) is 5.92 Å². The van der Waals surface area contributed by atoms with Gasteiger partial charge in [0.15, 0.2) is 0 Å². The van der Waals surface area contributed by atoms with Gasteiger partial charge >= 0.3 is 0 Å². The topological polar surface area (TPSA) is 25.2 Å². The average Bonchev–Trinajstić information content (AvgIpc) is 2.81. The summed E-state index contributed by atoms with van der Waals surface area (Å²) in [6, 6.07) is 11.0. The second-order valence-electron chi connectivity index (χ2n) is 5.59. The Hall–Kier alpha value is -1.28. The van der Waals surface area contributed by atoms with Crippen LogP contribution in [0.5, 0.6) is 0 Å². The summed E-state index contributed by atoms with van der Waals surface area (Å²) in [4.78, 5) is 0. The molecule has 2 heteroatoms. The summed E-state index contributed by atoms with van der Waals surface area (Å²) in [6.07, 6.45) is 5.33. The van der Waals surface area contributed by atoms with Crippen LogP contribution >= 0.6 is 0 Å². The summed E-state index contributed by atoms with van der Waals surface area (Å²) in [5, 5.41) is 4.83. The maximum atomic E-state index is 5.82. The van der Waals surface area contributed by atoms with Crippen molar-refractivity contribution in [3.63, 3.8) is 0 Å². The highest BCUT2D eigenvalue weighted by atomic mass is 16.3. The van der Waals surface area contributed by atoms with Crippen LogP contribution in [0.25, 0.3) is 11.0 Å². The number of para-hydroxylation sites is 1. The van der Waals surface area contributed by atoms with E-state index in [1.165, 1.54) is 31.1 Å². The van der Waals surface area contributed by atoms with Gasteiger partial charge in [0.25, 0.3) is 0 Å². The van der Waals surface area contributed by atoms with Gasteiger partial charge in [-0.1, -0.05) is 25.1 Å². The number of hydrogen-bond acceptors (Lipinski definition) is 2. The van der Waals surface area contributed by atoms with Crippen molar-refractivity contribution in [2.75, 3.05) is 0 Å². The fourth-order valence-corrected chi connectivity index (χ4v) is 2.83. The van der Waals surface area contributed by atoms with Gasteiger partial charge in [0.1, 0.15) is 11.3 Å². The lowest BCUT2D eigenvalue weighted by Crippen LogP contribution is -2.32. The predicted octanol–water partition coefficient (Wildman–Crippen LogP) is 4.10. The standard InChI is InChI=1S/C16H21NO/c1-12-6-8-14(9-7-12)17-11-15-10-13-4-2-3-5-16(13)18-15/h2-5,10,12,14,17H,6-9,11H2,1H3. The van der Waals surface area contributed by atoms with Crippen LogP contribution in [-0.4, -0.2) is 6.04 Å². The Morgan fingerprint density at radius 1 is 1.17 bits per heavy atom. The number of fused-ring (bicyclic) bond motifs is 1. The van der Waals surface area contributed by atoms with Crippen LogP contribution < -0.4 is 5.32 Å². The first-order chi connectivity index (χ1) is 8.81. The largest absolute Gasteiger partial charge is 0.460 e. The first kappa shape index (κ1) is 11.8. The molecule has 3 rings (SSSR count). The summed E-state index contributed by atoms with van der Waals surface area (Å²) in [5.41, 5.74) is 0.992. The molecule has 1 aliphatic rings. The van der Waals surface area contributed by atoms with E-state index in [0.717, 1.165) is 23.8 Å². The van der Waals surface area contributed by atoms with Crippen molar-refractivity contribution < 1.29 is 4.42 Å². The quantitative estimate of drug-likeness (QED) is 0.878. The van der Waals surface area contributed by atoms with E-state index in [0.29, 0.717) is 6.04 Å². The van der Waals surface area contributed by atoms with Crippen LogP contribution in [0.1, 0.15) is 38.4 Å². The highest BCUT2D eigenvalue weighted by Gasteiger charge is 2.17. The second kappa shape index (κ2) is 5.15. The molecule has 1 fully saturated rings. The molecule has 0 spiro atoms. The van der Waals surface area contributed by atoms with Gasteiger partial charge in [0.05, 0.1) is 6.54 Å². The Balaban J connectivity index is 1.59. The van der Waals surface area contributed by atoms with Crippen molar-refractivity contribution in [3.05, 3.63) is 36.1 Å². The van der Waals surface area contributed by atoms with E-state index < -0.39 is 0 Å². The van der Waals surface area contributed by atoms with Crippen LogP contribution in [0.3, 0.4) is 0 Å². The molecular weight excluding hydrogens is 222 g/mol. The monoisotopic (exact) mass is 243 g/mol. The zero-order chi connectivity index (χ0) is 12.4. The van der Waals surface area contributed by atoms with E-state index in [-0.39, 0.29) is 0 Å². The van der Waals surface area contributed by atoms with Crippen LogP contribution in [0, 0.1) is 5.92 Å². The second-order valence-corrected chi connectivity index (χ2v) is 5.59. The Morgan fingerprint density at radius 3 is 2.72 bits per heavy atom. The molecule has 1 N–H and O–H groups in total. The number of rotatable bonds is 3. The van der Waals surface area contributed by atoms with Gasteiger partial charge in [0, 0.05) is 11.4 Å². The molecule has 1 aliphatic carbocycles. The minimum absolute atomic E-state index is 0.675. The number of benzene rings is 1. The zero-order valence-corrected chi connectivity index (χ0v) is 11.0. The normalized spacial score (nSPS) is 24.5. The summed E-state index contributed by atoms with van der Waals surface area (Å²) >= 11 is 0. The Bertz CT molecular complexity index is 476. The van der Waals surface area contributed by atoms with Gasteiger partial charge in [0.2, 0.25) is 0 Å². The van der Waals surface area contributed by atoms with Crippen LogP contribution in [0.15, 0.2) is 34.7 Å². The molecule has 0 bridgehead atoms. The predicted molar refractivity (Wildman–Crippen MR) is 74.5 cm³/mol. The molecule has 0 atom stereocenters. The number of furan rings is 1. The van der Waals surface area contributed by atoms with Gasteiger partial charge in [-0.25, -0.2) is 0 Å². The molecule has 1 aromatic heterocycles. The number of nitrogens with one attached hydrogen (secondary N) is 1. The highest BCUT2D eigenvalue weighted by molar-refractivity contribution is 5.77. The molecule has 0 saturated heterocycles. The summed E-state index contributed by atoms with van der Waals surface area (Å²) in [5.74, 6) is 1.96. The Morgan fingerprint density at radius 2 is 1.94 bits per heavy atom. The molecule has 96 valence electrons. The molecule has 2 nitrogen and oxygen atoms in total. The van der Waals surface area contributed by atoms with Crippen molar-refractivity contribution in [1.29, 1.82) is 0 Å². The average molecular weight is 243 g/mol. The van der Waals surface area contributed by atoms with Gasteiger partial charge in [-0.05, 0) is 43.7 Å². The fraction of sp³-hybridized carbons (Fsp3) is 0.500. The van der Waals surface area contributed by atoms with E-state index in [9.17, 15) is 0 Å². The van der Waals surface area contributed by atoms with Gasteiger partial charge in [-0.3, -0.25) is 0 Å². The fourth-order valence-electron chi connectivity index (χ4n) is 2.83. The minimum Gasteiger partial charge on any atom is -0.460 e. The van der Waals surface area contributed by atoms with E-state index >= 15 is 0 Å². The molecule has 0 aliphatic heterocycles. The van der Waals surface area contributed by atoms with Crippen molar-refractivity contribution in [3.8, 4) is 0 Å². The van der Waals surface area contributed by atoms with Gasteiger partial charge < -0.3 is 9.73 Å². The molecule has 1 aromatic carbocycles. The maximum absolute atomic E-state index is 5.82. The summed E-state index contributed by atoms with van der Waals surface area (Å²) < 4.78 is 5.82. The summed E-state index contributed by atoms with van der Waals surface area (Å²) in [7, 11) is 0. The lowest BCUT2D eigenvalue weighted by molar-refractivity contribution is 0.301. The maximum Gasteiger partial charge on any atom is 0.134 e. The van der Waals surface area contributed by atoms with Crippen LogP contribution in [0.2, 0.25) is 0 Å².